The molecule has 1 aliphatic heterocycles. The van der Waals surface area contributed by atoms with Gasteiger partial charge in [-0.2, -0.15) is 5.10 Å². The lowest BCUT2D eigenvalue weighted by atomic mass is 10.1. The molecule has 0 unspecified atom stereocenters. The molecular formula is C17H22N6. The molecule has 4 rings (SSSR count). The molecule has 0 radical (unpaired) electrons. The molecule has 0 bridgehead atoms. The highest BCUT2D eigenvalue weighted by molar-refractivity contribution is 5.88. The molecule has 0 aromatic carbocycles. The number of fused-ring (bicyclic) bond motifs is 1. The van der Waals surface area contributed by atoms with Crippen LogP contribution < -0.4 is 0 Å². The van der Waals surface area contributed by atoms with Gasteiger partial charge in [0, 0.05) is 19.8 Å². The van der Waals surface area contributed by atoms with Crippen LogP contribution in [0.3, 0.4) is 0 Å². The van der Waals surface area contributed by atoms with Crippen LogP contribution in [0.2, 0.25) is 0 Å². The number of likely N-dealkylation sites (tertiary alicyclic amines) is 1. The summed E-state index contributed by atoms with van der Waals surface area (Å²) in [5, 5.41) is 5.58. The Labute approximate surface area is 135 Å². The summed E-state index contributed by atoms with van der Waals surface area (Å²) in [7, 11) is 2.03. The zero-order valence-electron chi connectivity index (χ0n) is 13.5. The predicted molar refractivity (Wildman–Crippen MR) is 90.0 cm³/mol. The summed E-state index contributed by atoms with van der Waals surface area (Å²) in [4.78, 5) is 11.5. The summed E-state index contributed by atoms with van der Waals surface area (Å²) in [6.45, 7) is 4.35. The van der Waals surface area contributed by atoms with E-state index in [-0.39, 0.29) is 0 Å². The zero-order valence-corrected chi connectivity index (χ0v) is 13.5. The quantitative estimate of drug-likeness (QED) is 0.742. The molecule has 0 N–H and O–H groups in total. The molecule has 6 heteroatoms. The van der Waals surface area contributed by atoms with E-state index in [1.54, 1.807) is 6.33 Å². The number of aromatic nitrogens is 5. The first kappa shape index (κ1) is 14.4. The van der Waals surface area contributed by atoms with Gasteiger partial charge in [0.15, 0.2) is 5.65 Å². The maximum atomic E-state index is 4.56. The van der Waals surface area contributed by atoms with Crippen LogP contribution in [0, 0.1) is 0 Å². The molecule has 0 spiro atoms. The van der Waals surface area contributed by atoms with Crippen molar-refractivity contribution in [3.05, 3.63) is 30.9 Å². The Bertz CT molecular complexity index is 796. The van der Waals surface area contributed by atoms with Gasteiger partial charge >= 0.3 is 0 Å². The second-order valence-electron chi connectivity index (χ2n) is 6.23. The highest BCUT2D eigenvalue weighted by Gasteiger charge is 2.14. The van der Waals surface area contributed by atoms with Crippen LogP contribution in [0.15, 0.2) is 30.9 Å². The van der Waals surface area contributed by atoms with Crippen molar-refractivity contribution in [3.63, 3.8) is 0 Å². The lowest BCUT2D eigenvalue weighted by Crippen LogP contribution is -2.32. The fraction of sp³-hybridized carbons (Fsp3) is 0.471. The van der Waals surface area contributed by atoms with Gasteiger partial charge in [0.25, 0.3) is 0 Å². The third kappa shape index (κ3) is 2.74. The Kier molecular flexibility index (Phi) is 3.83. The molecule has 1 aliphatic rings. The highest BCUT2D eigenvalue weighted by Crippen LogP contribution is 2.25. The van der Waals surface area contributed by atoms with E-state index >= 15 is 0 Å². The highest BCUT2D eigenvalue weighted by atomic mass is 15.3. The third-order valence-electron chi connectivity index (χ3n) is 4.70. The van der Waals surface area contributed by atoms with E-state index in [4.69, 9.17) is 0 Å². The van der Waals surface area contributed by atoms with E-state index < -0.39 is 0 Å². The number of hydrogen-bond acceptors (Lipinski definition) is 4. The van der Waals surface area contributed by atoms with Gasteiger partial charge in [0.1, 0.15) is 12.0 Å². The Hall–Kier alpha value is -2.21. The van der Waals surface area contributed by atoms with Crippen LogP contribution in [-0.4, -0.2) is 48.8 Å². The van der Waals surface area contributed by atoms with Gasteiger partial charge in [-0.25, -0.2) is 14.6 Å². The van der Waals surface area contributed by atoms with Crippen molar-refractivity contribution in [3.8, 4) is 11.4 Å². The molecule has 3 aromatic rings. The van der Waals surface area contributed by atoms with E-state index in [2.05, 4.69) is 30.6 Å². The predicted octanol–water partition coefficient (Wildman–Crippen LogP) is 2.32. The number of nitrogens with zero attached hydrogens (tertiary/aromatic N) is 6. The first-order valence-electron chi connectivity index (χ1n) is 8.33. The molecular weight excluding hydrogens is 288 g/mol. The molecule has 0 amide bonds. The van der Waals surface area contributed by atoms with E-state index in [1.807, 2.05) is 30.2 Å². The molecule has 3 aromatic heterocycles. The molecule has 4 heterocycles. The monoisotopic (exact) mass is 310 g/mol. The maximum absolute atomic E-state index is 4.56. The molecule has 120 valence electrons. The van der Waals surface area contributed by atoms with Gasteiger partial charge in [-0.05, 0) is 38.1 Å². The second kappa shape index (κ2) is 6.12. The Balaban J connectivity index is 1.61. The number of piperidine rings is 1. The average Bonchev–Trinajstić information content (AvgIpc) is 3.20. The van der Waals surface area contributed by atoms with Crippen molar-refractivity contribution in [1.29, 1.82) is 0 Å². The normalized spacial score (nSPS) is 16.2. The van der Waals surface area contributed by atoms with Gasteiger partial charge in [-0.3, -0.25) is 0 Å². The molecule has 0 atom stereocenters. The van der Waals surface area contributed by atoms with Gasteiger partial charge in [-0.1, -0.05) is 6.42 Å². The van der Waals surface area contributed by atoms with Crippen molar-refractivity contribution >= 4 is 11.0 Å². The maximum Gasteiger partial charge on any atom is 0.161 e. The van der Waals surface area contributed by atoms with E-state index in [1.165, 1.54) is 32.4 Å². The minimum Gasteiger partial charge on any atom is -0.349 e. The molecule has 0 aliphatic carbocycles. The molecule has 6 nitrogen and oxygen atoms in total. The van der Waals surface area contributed by atoms with Crippen molar-refractivity contribution in [2.45, 2.75) is 25.8 Å². The molecule has 0 saturated carbocycles. The van der Waals surface area contributed by atoms with Crippen LogP contribution in [-0.2, 0) is 13.6 Å². The van der Waals surface area contributed by atoms with Crippen molar-refractivity contribution < 1.29 is 0 Å². The summed E-state index contributed by atoms with van der Waals surface area (Å²) < 4.78 is 4.09. The summed E-state index contributed by atoms with van der Waals surface area (Å²) in [6.07, 6.45) is 9.58. The van der Waals surface area contributed by atoms with Crippen molar-refractivity contribution in [1.82, 2.24) is 29.2 Å². The Morgan fingerprint density at radius 1 is 1.09 bits per heavy atom. The molecule has 1 saturated heterocycles. The fourth-order valence-electron chi connectivity index (χ4n) is 3.39. The largest absolute Gasteiger partial charge is 0.349 e. The van der Waals surface area contributed by atoms with Gasteiger partial charge in [0.05, 0.1) is 23.8 Å². The lowest BCUT2D eigenvalue weighted by molar-refractivity contribution is 0.219. The smallest absolute Gasteiger partial charge is 0.161 e. The van der Waals surface area contributed by atoms with Crippen LogP contribution in [0.4, 0.5) is 0 Å². The Morgan fingerprint density at radius 2 is 1.96 bits per heavy atom. The van der Waals surface area contributed by atoms with Crippen molar-refractivity contribution in [2.75, 3.05) is 19.6 Å². The van der Waals surface area contributed by atoms with Crippen LogP contribution >= 0.6 is 0 Å². The van der Waals surface area contributed by atoms with Crippen LogP contribution in [0.5, 0.6) is 0 Å². The number of rotatable bonds is 4. The molecule has 23 heavy (non-hydrogen) atoms. The summed E-state index contributed by atoms with van der Waals surface area (Å²) in [6, 6.07) is 4.11. The van der Waals surface area contributed by atoms with E-state index in [9.17, 15) is 0 Å². The topological polar surface area (TPSA) is 51.8 Å². The first-order valence-corrected chi connectivity index (χ1v) is 8.33. The second-order valence-corrected chi connectivity index (χ2v) is 6.23. The van der Waals surface area contributed by atoms with Gasteiger partial charge < -0.3 is 9.47 Å². The Morgan fingerprint density at radius 3 is 2.74 bits per heavy atom. The summed E-state index contributed by atoms with van der Waals surface area (Å²) >= 11 is 0. The minimum absolute atomic E-state index is 0.882. The first-order chi connectivity index (χ1) is 11.3. The van der Waals surface area contributed by atoms with E-state index in [0.29, 0.717) is 0 Å². The standard InChI is InChI=1S/C17H22N6/c1-21-7-5-6-15(21)16-14-12-20-23(17(14)19-13-18-16)11-10-22-8-3-2-4-9-22/h5-7,12-13H,2-4,8-11H2,1H3. The third-order valence-corrected chi connectivity index (χ3v) is 4.70. The van der Waals surface area contributed by atoms with Gasteiger partial charge in [0.2, 0.25) is 0 Å². The minimum atomic E-state index is 0.882. The number of hydrogen-bond donors (Lipinski definition) is 0. The number of aryl methyl sites for hydroxylation is 1. The van der Waals surface area contributed by atoms with Crippen molar-refractivity contribution in [2.24, 2.45) is 7.05 Å². The average molecular weight is 310 g/mol. The summed E-state index contributed by atoms with van der Waals surface area (Å²) in [5.74, 6) is 0. The SMILES string of the molecule is Cn1cccc1-c1ncnc2c1cnn2CCN1CCCCC1. The summed E-state index contributed by atoms with van der Waals surface area (Å²) in [5.41, 5.74) is 2.97. The van der Waals surface area contributed by atoms with E-state index in [0.717, 1.165) is 35.5 Å². The van der Waals surface area contributed by atoms with Gasteiger partial charge in [-0.15, -0.1) is 0 Å². The lowest BCUT2D eigenvalue weighted by Gasteiger charge is -2.26. The van der Waals surface area contributed by atoms with Crippen LogP contribution in [0.25, 0.3) is 22.4 Å². The van der Waals surface area contributed by atoms with Crippen LogP contribution in [0.1, 0.15) is 19.3 Å². The molecule has 1 fully saturated rings. The fourth-order valence-corrected chi connectivity index (χ4v) is 3.39. The zero-order chi connectivity index (χ0) is 15.6.